The third-order valence-electron chi connectivity index (χ3n) is 4.63. The fraction of sp³-hybridized carbons (Fsp3) is 0.550. The summed E-state index contributed by atoms with van der Waals surface area (Å²) in [5.74, 6) is 2.53. The number of nitrogens with one attached hydrogen (secondary N) is 2. The van der Waals surface area contributed by atoms with Crippen molar-refractivity contribution in [2.75, 3.05) is 13.1 Å². The Morgan fingerprint density at radius 1 is 1.25 bits per heavy atom. The Kier molecular flexibility index (Phi) is 7.22. The van der Waals surface area contributed by atoms with Crippen molar-refractivity contribution in [2.24, 2.45) is 4.99 Å². The van der Waals surface area contributed by atoms with Gasteiger partial charge in [0.05, 0.1) is 6.54 Å². The highest BCUT2D eigenvalue weighted by atomic mass is 19.1. The number of guanidine groups is 1. The molecular weight excluding hydrogens is 359 g/mol. The van der Waals surface area contributed by atoms with Crippen LogP contribution in [0.15, 0.2) is 29.3 Å². The Hall–Kier alpha value is -2.64. The number of nitrogens with zero attached hydrogens (tertiary/aromatic N) is 4. The third-order valence-corrected chi connectivity index (χ3v) is 4.63. The second-order valence-electron chi connectivity index (χ2n) is 6.93. The van der Waals surface area contributed by atoms with Gasteiger partial charge in [0.2, 0.25) is 0 Å². The van der Waals surface area contributed by atoms with Gasteiger partial charge in [0.25, 0.3) is 0 Å². The number of aryl methyl sites for hydroxylation is 1. The molecule has 7 nitrogen and oxygen atoms in total. The minimum Gasteiger partial charge on any atom is -0.486 e. The van der Waals surface area contributed by atoms with E-state index in [9.17, 15) is 4.39 Å². The van der Waals surface area contributed by atoms with Crippen molar-refractivity contribution in [3.8, 4) is 5.75 Å². The highest BCUT2D eigenvalue weighted by Crippen LogP contribution is 2.17. The molecule has 0 spiro atoms. The van der Waals surface area contributed by atoms with Crippen molar-refractivity contribution in [1.29, 1.82) is 0 Å². The normalized spacial score (nSPS) is 15.5. The Morgan fingerprint density at radius 3 is 2.93 bits per heavy atom. The van der Waals surface area contributed by atoms with Crippen LogP contribution in [0.4, 0.5) is 4.39 Å². The van der Waals surface area contributed by atoms with E-state index in [1.54, 1.807) is 18.2 Å². The first-order valence-corrected chi connectivity index (χ1v) is 10.0. The molecule has 1 aromatic heterocycles. The number of rotatable bonds is 7. The minimum absolute atomic E-state index is 0.217. The lowest BCUT2D eigenvalue weighted by molar-refractivity contribution is 0.214. The average molecular weight is 388 g/mol. The van der Waals surface area contributed by atoms with Gasteiger partial charge in [-0.2, -0.15) is 0 Å². The molecule has 8 heteroatoms. The van der Waals surface area contributed by atoms with Crippen LogP contribution in [-0.2, 0) is 19.5 Å². The predicted octanol–water partition coefficient (Wildman–Crippen LogP) is 2.67. The van der Waals surface area contributed by atoms with E-state index in [4.69, 9.17) is 4.74 Å². The van der Waals surface area contributed by atoms with E-state index < -0.39 is 0 Å². The summed E-state index contributed by atoms with van der Waals surface area (Å²) >= 11 is 0. The summed E-state index contributed by atoms with van der Waals surface area (Å²) in [5.41, 5.74) is 0. The van der Waals surface area contributed by atoms with Crippen LogP contribution < -0.4 is 15.4 Å². The smallest absolute Gasteiger partial charge is 0.191 e. The van der Waals surface area contributed by atoms with E-state index in [-0.39, 0.29) is 17.7 Å². The summed E-state index contributed by atoms with van der Waals surface area (Å²) in [6.45, 7) is 6.57. The zero-order chi connectivity index (χ0) is 19.8. The van der Waals surface area contributed by atoms with Gasteiger partial charge in [0.15, 0.2) is 23.4 Å². The molecule has 2 heterocycles. The molecule has 1 unspecified atom stereocenters. The number of ether oxygens (including phenoxy) is 1. The van der Waals surface area contributed by atoms with Gasteiger partial charge in [-0.3, -0.25) is 0 Å². The van der Waals surface area contributed by atoms with Crippen LogP contribution in [0.5, 0.6) is 5.75 Å². The number of para-hydroxylation sites is 1. The molecule has 28 heavy (non-hydrogen) atoms. The molecule has 0 saturated heterocycles. The van der Waals surface area contributed by atoms with Crippen molar-refractivity contribution in [3.63, 3.8) is 0 Å². The monoisotopic (exact) mass is 388 g/mol. The van der Waals surface area contributed by atoms with Crippen molar-refractivity contribution >= 4 is 5.96 Å². The third kappa shape index (κ3) is 5.43. The van der Waals surface area contributed by atoms with E-state index in [0.717, 1.165) is 37.6 Å². The molecule has 152 valence electrons. The summed E-state index contributed by atoms with van der Waals surface area (Å²) in [6.07, 6.45) is 4.33. The number of benzene rings is 1. The minimum atomic E-state index is -0.359. The summed E-state index contributed by atoms with van der Waals surface area (Å²) in [5, 5.41) is 15.1. The molecule has 0 amide bonds. The van der Waals surface area contributed by atoms with Crippen molar-refractivity contribution in [2.45, 2.75) is 58.7 Å². The van der Waals surface area contributed by atoms with Gasteiger partial charge in [0.1, 0.15) is 18.5 Å². The SMILES string of the molecule is CCNC(=NCc1nnc2n1CCCCC2)NCC(C)Oc1ccccc1F. The lowest BCUT2D eigenvalue weighted by Gasteiger charge is -2.18. The zero-order valence-electron chi connectivity index (χ0n) is 16.6. The van der Waals surface area contributed by atoms with Crippen molar-refractivity contribution in [3.05, 3.63) is 41.7 Å². The zero-order valence-corrected chi connectivity index (χ0v) is 16.6. The molecule has 0 fully saturated rings. The average Bonchev–Trinajstić information content (AvgIpc) is 2.92. The Labute approximate surface area is 165 Å². The van der Waals surface area contributed by atoms with E-state index in [2.05, 4.69) is 30.4 Å². The first kappa shape index (κ1) is 20.1. The number of aliphatic imine (C=N–C) groups is 1. The van der Waals surface area contributed by atoms with E-state index in [1.807, 2.05) is 13.8 Å². The molecule has 2 aromatic rings. The van der Waals surface area contributed by atoms with Crippen LogP contribution in [-0.4, -0.2) is 39.9 Å². The van der Waals surface area contributed by atoms with Crippen LogP contribution in [0.25, 0.3) is 0 Å². The quantitative estimate of drug-likeness (QED) is 0.563. The molecule has 1 atom stereocenters. The molecule has 3 rings (SSSR count). The van der Waals surface area contributed by atoms with Gasteiger partial charge in [-0.1, -0.05) is 18.6 Å². The van der Waals surface area contributed by atoms with Crippen LogP contribution >= 0.6 is 0 Å². The maximum atomic E-state index is 13.7. The summed E-state index contributed by atoms with van der Waals surface area (Å²) in [7, 11) is 0. The van der Waals surface area contributed by atoms with Crippen molar-refractivity contribution < 1.29 is 9.13 Å². The second-order valence-corrected chi connectivity index (χ2v) is 6.93. The lowest BCUT2D eigenvalue weighted by atomic mass is 10.2. The largest absolute Gasteiger partial charge is 0.486 e. The fourth-order valence-corrected chi connectivity index (χ4v) is 3.19. The Balaban J connectivity index is 1.57. The van der Waals surface area contributed by atoms with Crippen LogP contribution in [0.1, 0.15) is 44.8 Å². The Morgan fingerprint density at radius 2 is 2.11 bits per heavy atom. The van der Waals surface area contributed by atoms with Gasteiger partial charge in [-0.05, 0) is 38.8 Å². The van der Waals surface area contributed by atoms with E-state index in [0.29, 0.717) is 19.0 Å². The molecule has 0 radical (unpaired) electrons. The number of fused-ring (bicyclic) bond motifs is 1. The van der Waals surface area contributed by atoms with Gasteiger partial charge in [-0.25, -0.2) is 9.38 Å². The maximum Gasteiger partial charge on any atom is 0.191 e. The van der Waals surface area contributed by atoms with Crippen LogP contribution in [0.2, 0.25) is 0 Å². The molecule has 0 aliphatic carbocycles. The Bertz CT molecular complexity index is 791. The van der Waals surface area contributed by atoms with Crippen LogP contribution in [0, 0.1) is 5.82 Å². The second kappa shape index (κ2) is 10.1. The molecule has 0 bridgehead atoms. The summed E-state index contributed by atoms with van der Waals surface area (Å²) in [4.78, 5) is 4.63. The molecule has 2 N–H and O–H groups in total. The van der Waals surface area contributed by atoms with Gasteiger partial charge >= 0.3 is 0 Å². The topological polar surface area (TPSA) is 76.4 Å². The maximum absolute atomic E-state index is 13.7. The van der Waals surface area contributed by atoms with Gasteiger partial charge < -0.3 is 19.9 Å². The lowest BCUT2D eigenvalue weighted by Crippen LogP contribution is -2.41. The highest BCUT2D eigenvalue weighted by Gasteiger charge is 2.14. The predicted molar refractivity (Wildman–Crippen MR) is 107 cm³/mol. The van der Waals surface area contributed by atoms with Crippen LogP contribution in [0.3, 0.4) is 0 Å². The molecule has 1 aromatic carbocycles. The molecule has 1 aliphatic rings. The highest BCUT2D eigenvalue weighted by molar-refractivity contribution is 5.79. The van der Waals surface area contributed by atoms with Crippen molar-refractivity contribution in [1.82, 2.24) is 25.4 Å². The fourth-order valence-electron chi connectivity index (χ4n) is 3.19. The molecule has 0 saturated carbocycles. The van der Waals surface area contributed by atoms with E-state index in [1.165, 1.54) is 18.9 Å². The number of aromatic nitrogens is 3. The van der Waals surface area contributed by atoms with Gasteiger partial charge in [-0.15, -0.1) is 10.2 Å². The molecular formula is C20H29FN6O. The molecule has 1 aliphatic heterocycles. The first-order chi connectivity index (χ1) is 13.7. The standard InChI is InChI=1S/C20H29FN6O/c1-3-22-20(23-13-15(2)28-17-10-7-6-9-16(17)21)24-14-19-26-25-18-11-5-4-8-12-27(18)19/h6-7,9-10,15H,3-5,8,11-14H2,1-2H3,(H2,22,23,24). The summed E-state index contributed by atoms with van der Waals surface area (Å²) < 4.78 is 21.6. The first-order valence-electron chi connectivity index (χ1n) is 10.0. The number of hydrogen-bond donors (Lipinski definition) is 2. The number of halogens is 1. The summed E-state index contributed by atoms with van der Waals surface area (Å²) in [6, 6.07) is 6.42. The number of hydrogen-bond acceptors (Lipinski definition) is 4. The van der Waals surface area contributed by atoms with E-state index >= 15 is 0 Å². The van der Waals surface area contributed by atoms with Gasteiger partial charge in [0, 0.05) is 19.5 Å².